The van der Waals surface area contributed by atoms with Gasteiger partial charge < -0.3 is 10.6 Å². The normalized spacial score (nSPS) is 20.2. The van der Waals surface area contributed by atoms with Gasteiger partial charge in [0.2, 0.25) is 5.91 Å². The Hall–Kier alpha value is -1.35. The van der Waals surface area contributed by atoms with Gasteiger partial charge in [0.25, 0.3) is 0 Å². The van der Waals surface area contributed by atoms with Crippen molar-refractivity contribution in [2.45, 2.75) is 31.7 Å². The predicted octanol–water partition coefficient (Wildman–Crippen LogP) is 1.44. The minimum Gasteiger partial charge on any atom is -0.351 e. The molecule has 2 rings (SSSR count). The Labute approximate surface area is 103 Å². The van der Waals surface area contributed by atoms with Crippen LogP contribution in [0.2, 0.25) is 0 Å². The standard InChI is InChI=1S/C14H20N2O/c1-14(2,11-6-4-3-5-7-11)13(17)16-12-8-9-15-10-12/h3-7,12,15H,8-10H2,1-2H3,(H,16,17)/t12-/m0/s1. The summed E-state index contributed by atoms with van der Waals surface area (Å²) in [5.41, 5.74) is 0.590. The minimum atomic E-state index is -0.468. The van der Waals surface area contributed by atoms with E-state index in [1.807, 2.05) is 44.2 Å². The van der Waals surface area contributed by atoms with Gasteiger partial charge in [-0.05, 0) is 32.4 Å². The molecule has 3 heteroatoms. The fourth-order valence-electron chi connectivity index (χ4n) is 2.13. The number of rotatable bonds is 3. The van der Waals surface area contributed by atoms with Gasteiger partial charge in [-0.2, -0.15) is 0 Å². The van der Waals surface area contributed by atoms with Gasteiger partial charge in [0.1, 0.15) is 0 Å². The molecule has 0 saturated carbocycles. The van der Waals surface area contributed by atoms with Crippen LogP contribution in [-0.2, 0) is 10.2 Å². The van der Waals surface area contributed by atoms with Crippen LogP contribution in [0.25, 0.3) is 0 Å². The Morgan fingerprint density at radius 3 is 2.65 bits per heavy atom. The predicted molar refractivity (Wildman–Crippen MR) is 68.9 cm³/mol. The summed E-state index contributed by atoms with van der Waals surface area (Å²) in [4.78, 5) is 12.3. The molecular weight excluding hydrogens is 212 g/mol. The SMILES string of the molecule is CC(C)(C(=O)N[C@H]1CCNC1)c1ccccc1. The van der Waals surface area contributed by atoms with Gasteiger partial charge in [0.05, 0.1) is 5.41 Å². The lowest BCUT2D eigenvalue weighted by Crippen LogP contribution is -2.45. The molecule has 17 heavy (non-hydrogen) atoms. The zero-order chi connectivity index (χ0) is 12.3. The Kier molecular flexibility index (Phi) is 3.48. The maximum absolute atomic E-state index is 12.3. The molecule has 1 saturated heterocycles. The Balaban J connectivity index is 2.06. The number of amides is 1. The Bertz CT molecular complexity index is 380. The molecule has 1 atom stereocenters. The molecule has 0 unspecified atom stereocenters. The van der Waals surface area contributed by atoms with Crippen LogP contribution < -0.4 is 10.6 Å². The molecule has 1 aromatic carbocycles. The van der Waals surface area contributed by atoms with Crippen molar-refractivity contribution in [2.75, 3.05) is 13.1 Å². The molecular formula is C14H20N2O. The van der Waals surface area contributed by atoms with E-state index in [1.165, 1.54) is 0 Å². The van der Waals surface area contributed by atoms with Gasteiger partial charge in [-0.3, -0.25) is 4.79 Å². The maximum Gasteiger partial charge on any atom is 0.230 e. The summed E-state index contributed by atoms with van der Waals surface area (Å²) < 4.78 is 0. The fourth-order valence-corrected chi connectivity index (χ4v) is 2.13. The van der Waals surface area contributed by atoms with Gasteiger partial charge in [-0.1, -0.05) is 30.3 Å². The third-order valence-corrected chi connectivity index (χ3v) is 3.46. The zero-order valence-corrected chi connectivity index (χ0v) is 10.5. The molecule has 3 nitrogen and oxygen atoms in total. The Morgan fingerprint density at radius 2 is 2.06 bits per heavy atom. The van der Waals surface area contributed by atoms with Gasteiger partial charge in [-0.25, -0.2) is 0 Å². The molecule has 1 aromatic rings. The molecule has 0 spiro atoms. The number of nitrogens with one attached hydrogen (secondary N) is 2. The summed E-state index contributed by atoms with van der Waals surface area (Å²) in [6.07, 6.45) is 1.02. The van der Waals surface area contributed by atoms with Gasteiger partial charge >= 0.3 is 0 Å². The third-order valence-electron chi connectivity index (χ3n) is 3.46. The van der Waals surface area contributed by atoms with E-state index in [4.69, 9.17) is 0 Å². The van der Waals surface area contributed by atoms with E-state index in [0.717, 1.165) is 25.1 Å². The summed E-state index contributed by atoms with van der Waals surface area (Å²) in [5.74, 6) is 0.109. The van der Waals surface area contributed by atoms with Crippen LogP contribution in [0.1, 0.15) is 25.8 Å². The highest BCUT2D eigenvalue weighted by Gasteiger charge is 2.31. The van der Waals surface area contributed by atoms with E-state index < -0.39 is 5.41 Å². The quantitative estimate of drug-likeness (QED) is 0.828. The molecule has 0 aliphatic carbocycles. The van der Waals surface area contributed by atoms with Gasteiger partial charge in [-0.15, -0.1) is 0 Å². The number of hydrogen-bond acceptors (Lipinski definition) is 2. The van der Waals surface area contributed by atoms with Gasteiger partial charge in [0, 0.05) is 12.6 Å². The number of carbonyl (C=O) groups excluding carboxylic acids is 1. The number of carbonyl (C=O) groups is 1. The summed E-state index contributed by atoms with van der Waals surface area (Å²) >= 11 is 0. The van der Waals surface area contributed by atoms with Crippen LogP contribution in [-0.4, -0.2) is 25.0 Å². The van der Waals surface area contributed by atoms with Crippen molar-refractivity contribution in [1.82, 2.24) is 10.6 Å². The molecule has 1 aliphatic rings. The van der Waals surface area contributed by atoms with Crippen LogP contribution in [0.3, 0.4) is 0 Å². The maximum atomic E-state index is 12.3. The second-order valence-electron chi connectivity index (χ2n) is 5.15. The summed E-state index contributed by atoms with van der Waals surface area (Å²) in [7, 11) is 0. The van der Waals surface area contributed by atoms with Gasteiger partial charge in [0.15, 0.2) is 0 Å². The van der Waals surface area contributed by atoms with Crippen molar-refractivity contribution in [3.8, 4) is 0 Å². The van der Waals surface area contributed by atoms with Crippen LogP contribution in [0.15, 0.2) is 30.3 Å². The molecule has 1 amide bonds. The summed E-state index contributed by atoms with van der Waals surface area (Å²) in [6, 6.07) is 10.2. The largest absolute Gasteiger partial charge is 0.351 e. The first-order valence-electron chi connectivity index (χ1n) is 6.18. The van der Waals surface area contributed by atoms with Crippen molar-refractivity contribution in [2.24, 2.45) is 0 Å². The molecule has 0 bridgehead atoms. The first kappa shape index (κ1) is 12.1. The first-order valence-corrected chi connectivity index (χ1v) is 6.18. The molecule has 2 N–H and O–H groups in total. The second-order valence-corrected chi connectivity index (χ2v) is 5.15. The molecule has 1 aliphatic heterocycles. The third kappa shape index (κ3) is 2.67. The highest BCUT2D eigenvalue weighted by molar-refractivity contribution is 5.87. The lowest BCUT2D eigenvalue weighted by atomic mass is 9.83. The molecule has 1 heterocycles. The van der Waals surface area contributed by atoms with Crippen molar-refractivity contribution in [3.63, 3.8) is 0 Å². The lowest BCUT2D eigenvalue weighted by Gasteiger charge is -2.26. The van der Waals surface area contributed by atoms with E-state index in [-0.39, 0.29) is 11.9 Å². The second kappa shape index (κ2) is 4.88. The zero-order valence-electron chi connectivity index (χ0n) is 10.5. The van der Waals surface area contributed by atoms with Crippen LogP contribution in [0.5, 0.6) is 0 Å². The smallest absolute Gasteiger partial charge is 0.230 e. The summed E-state index contributed by atoms with van der Waals surface area (Å²) in [5, 5.41) is 6.37. The molecule has 0 radical (unpaired) electrons. The fraction of sp³-hybridized carbons (Fsp3) is 0.500. The molecule has 92 valence electrons. The highest BCUT2D eigenvalue weighted by Crippen LogP contribution is 2.23. The van der Waals surface area contributed by atoms with E-state index >= 15 is 0 Å². The topological polar surface area (TPSA) is 41.1 Å². The van der Waals surface area contributed by atoms with Crippen LogP contribution >= 0.6 is 0 Å². The van der Waals surface area contributed by atoms with Crippen molar-refractivity contribution in [1.29, 1.82) is 0 Å². The lowest BCUT2D eigenvalue weighted by molar-refractivity contribution is -0.126. The minimum absolute atomic E-state index is 0.109. The molecule has 1 fully saturated rings. The van der Waals surface area contributed by atoms with E-state index in [2.05, 4.69) is 10.6 Å². The van der Waals surface area contributed by atoms with E-state index in [9.17, 15) is 4.79 Å². The van der Waals surface area contributed by atoms with Crippen molar-refractivity contribution < 1.29 is 4.79 Å². The van der Waals surface area contributed by atoms with Crippen LogP contribution in [0, 0.1) is 0 Å². The monoisotopic (exact) mass is 232 g/mol. The van der Waals surface area contributed by atoms with Crippen molar-refractivity contribution >= 4 is 5.91 Å². The van der Waals surface area contributed by atoms with E-state index in [1.54, 1.807) is 0 Å². The summed E-state index contributed by atoms with van der Waals surface area (Å²) in [6.45, 7) is 5.83. The Morgan fingerprint density at radius 1 is 1.35 bits per heavy atom. The van der Waals surface area contributed by atoms with Crippen molar-refractivity contribution in [3.05, 3.63) is 35.9 Å². The highest BCUT2D eigenvalue weighted by atomic mass is 16.2. The van der Waals surface area contributed by atoms with E-state index in [0.29, 0.717) is 0 Å². The molecule has 0 aromatic heterocycles. The average molecular weight is 232 g/mol. The average Bonchev–Trinajstić information content (AvgIpc) is 2.83. The first-order chi connectivity index (χ1) is 8.10. The van der Waals surface area contributed by atoms with Crippen LogP contribution in [0.4, 0.5) is 0 Å². The number of benzene rings is 1. The number of hydrogen-bond donors (Lipinski definition) is 2.